The number of nitrogens with one attached hydrogen (secondary N) is 1. The van der Waals surface area contributed by atoms with E-state index in [1.54, 1.807) is 24.3 Å². The van der Waals surface area contributed by atoms with Gasteiger partial charge in [-0.05, 0) is 66.8 Å². The topological polar surface area (TPSA) is 78.9 Å². The van der Waals surface area contributed by atoms with Gasteiger partial charge in [-0.15, -0.1) is 0 Å². The number of anilines is 1. The smallest absolute Gasteiger partial charge is 0.335 e. The highest BCUT2D eigenvalue weighted by molar-refractivity contribution is 6.01. The van der Waals surface area contributed by atoms with Crippen molar-refractivity contribution in [2.75, 3.05) is 24.7 Å². The van der Waals surface area contributed by atoms with Crippen molar-refractivity contribution in [2.45, 2.75) is 37.8 Å². The Balaban J connectivity index is 1.46. The van der Waals surface area contributed by atoms with Crippen LogP contribution in [0.25, 0.3) is 0 Å². The molecule has 1 atom stereocenters. The number of nitrogens with zero attached hydrogens (tertiary/aromatic N) is 1. The van der Waals surface area contributed by atoms with Crippen LogP contribution in [0.1, 0.15) is 63.2 Å². The minimum absolute atomic E-state index is 0.179. The van der Waals surface area contributed by atoms with E-state index in [2.05, 4.69) is 16.3 Å². The van der Waals surface area contributed by atoms with Gasteiger partial charge in [0.2, 0.25) is 0 Å². The molecule has 1 fully saturated rings. The zero-order valence-electron chi connectivity index (χ0n) is 20.5. The van der Waals surface area contributed by atoms with Crippen LogP contribution in [0.15, 0.2) is 60.7 Å². The lowest BCUT2D eigenvalue weighted by molar-refractivity contribution is 0.0553. The van der Waals surface area contributed by atoms with Gasteiger partial charge in [0, 0.05) is 31.7 Å². The molecule has 6 nitrogen and oxygen atoms in total. The highest BCUT2D eigenvalue weighted by Gasteiger charge is 2.45. The van der Waals surface area contributed by atoms with E-state index in [1.165, 1.54) is 18.2 Å². The van der Waals surface area contributed by atoms with Crippen LogP contribution in [-0.2, 0) is 16.7 Å². The van der Waals surface area contributed by atoms with E-state index in [1.807, 2.05) is 13.0 Å². The first-order valence-corrected chi connectivity index (χ1v) is 12.3. The second-order valence-corrected chi connectivity index (χ2v) is 9.82. The third kappa shape index (κ3) is 4.81. The van der Waals surface area contributed by atoms with E-state index in [9.17, 15) is 18.4 Å². The van der Waals surface area contributed by atoms with Crippen LogP contribution in [0, 0.1) is 11.6 Å². The minimum atomic E-state index is -1.01. The normalized spacial score (nSPS) is 16.9. The molecule has 0 bridgehead atoms. The SMILES string of the molecule is CC(NC(=O)c1cccc2c1N(Cc1ccc(F)c(F)c1)CC21CCOCC1)c1ccc(C(=O)O)cc1. The van der Waals surface area contributed by atoms with Gasteiger partial charge in [0.05, 0.1) is 22.9 Å². The molecular formula is C29H28F2N2O4. The van der Waals surface area contributed by atoms with E-state index in [-0.39, 0.29) is 22.9 Å². The Bertz CT molecular complexity index is 1340. The second kappa shape index (κ2) is 9.94. The fourth-order valence-corrected chi connectivity index (χ4v) is 5.48. The van der Waals surface area contributed by atoms with Gasteiger partial charge >= 0.3 is 5.97 Å². The van der Waals surface area contributed by atoms with E-state index >= 15 is 0 Å². The Labute approximate surface area is 213 Å². The van der Waals surface area contributed by atoms with Gasteiger partial charge in [0.1, 0.15) is 0 Å². The first-order chi connectivity index (χ1) is 17.8. The molecule has 2 heterocycles. The maximum absolute atomic E-state index is 14.0. The third-order valence-corrected chi connectivity index (χ3v) is 7.47. The second-order valence-electron chi connectivity index (χ2n) is 9.82. The molecule has 1 unspecified atom stereocenters. The molecule has 1 spiro atoms. The van der Waals surface area contributed by atoms with E-state index < -0.39 is 17.6 Å². The van der Waals surface area contributed by atoms with Crippen LogP contribution in [0.2, 0.25) is 0 Å². The third-order valence-electron chi connectivity index (χ3n) is 7.47. The van der Waals surface area contributed by atoms with Crippen molar-refractivity contribution in [3.63, 3.8) is 0 Å². The minimum Gasteiger partial charge on any atom is -0.478 e. The Kier molecular flexibility index (Phi) is 6.69. The summed E-state index contributed by atoms with van der Waals surface area (Å²) in [6.45, 7) is 4.08. The standard InChI is InChI=1S/C29H28F2N2O4/c1-18(20-6-8-21(9-7-20)28(35)36)32-27(34)22-3-2-4-23-26(22)33(17-29(23)11-13-37-14-12-29)16-19-5-10-24(30)25(31)15-19/h2-10,15,18H,11-14,16-17H2,1H3,(H,32,34)(H,35,36). The number of aromatic carboxylic acids is 1. The molecule has 5 rings (SSSR count). The molecule has 0 aliphatic carbocycles. The summed E-state index contributed by atoms with van der Waals surface area (Å²) in [5.74, 6) is -3.05. The van der Waals surface area contributed by atoms with Crippen molar-refractivity contribution < 1.29 is 28.2 Å². The van der Waals surface area contributed by atoms with Crippen LogP contribution >= 0.6 is 0 Å². The van der Waals surface area contributed by atoms with Gasteiger partial charge in [-0.1, -0.05) is 30.3 Å². The zero-order chi connectivity index (χ0) is 26.2. The summed E-state index contributed by atoms with van der Waals surface area (Å²) in [6, 6.07) is 15.7. The van der Waals surface area contributed by atoms with Crippen molar-refractivity contribution in [1.82, 2.24) is 5.32 Å². The van der Waals surface area contributed by atoms with Crippen molar-refractivity contribution in [1.29, 1.82) is 0 Å². The predicted octanol–water partition coefficient (Wildman–Crippen LogP) is 5.22. The number of fused-ring (bicyclic) bond motifs is 2. The van der Waals surface area contributed by atoms with E-state index in [4.69, 9.17) is 9.84 Å². The fraction of sp³-hybridized carbons (Fsp3) is 0.310. The summed E-state index contributed by atoms with van der Waals surface area (Å²) < 4.78 is 33.1. The number of ether oxygens (including phenoxy) is 1. The number of amides is 1. The van der Waals surface area contributed by atoms with E-state index in [0.29, 0.717) is 37.4 Å². The quantitative estimate of drug-likeness (QED) is 0.479. The molecule has 3 aromatic rings. The molecule has 0 saturated carbocycles. The van der Waals surface area contributed by atoms with E-state index in [0.717, 1.165) is 35.7 Å². The lowest BCUT2D eigenvalue weighted by Gasteiger charge is -2.34. The largest absolute Gasteiger partial charge is 0.478 e. The fourth-order valence-electron chi connectivity index (χ4n) is 5.48. The Hall–Kier alpha value is -3.78. The molecule has 0 radical (unpaired) electrons. The molecule has 192 valence electrons. The summed E-state index contributed by atoms with van der Waals surface area (Å²) in [7, 11) is 0. The molecule has 37 heavy (non-hydrogen) atoms. The average molecular weight is 507 g/mol. The van der Waals surface area contributed by atoms with Gasteiger partial charge < -0.3 is 20.1 Å². The predicted molar refractivity (Wildman–Crippen MR) is 135 cm³/mol. The Morgan fingerprint density at radius 2 is 1.78 bits per heavy atom. The molecule has 1 amide bonds. The molecule has 2 aliphatic heterocycles. The number of hydrogen-bond acceptors (Lipinski definition) is 4. The highest BCUT2D eigenvalue weighted by Crippen LogP contribution is 2.48. The first-order valence-electron chi connectivity index (χ1n) is 12.3. The van der Waals surface area contributed by atoms with Crippen LogP contribution in [0.5, 0.6) is 0 Å². The summed E-state index contributed by atoms with van der Waals surface area (Å²) in [5.41, 5.74) is 3.79. The van der Waals surface area contributed by atoms with Crippen LogP contribution in [0.4, 0.5) is 14.5 Å². The number of carbonyl (C=O) groups excluding carboxylic acids is 1. The average Bonchev–Trinajstić information content (AvgIpc) is 3.19. The van der Waals surface area contributed by atoms with Gasteiger partial charge in [-0.2, -0.15) is 0 Å². The van der Waals surface area contributed by atoms with Crippen molar-refractivity contribution >= 4 is 17.6 Å². The van der Waals surface area contributed by atoms with Crippen molar-refractivity contribution in [3.05, 3.63) is 100 Å². The molecular weight excluding hydrogens is 478 g/mol. The lowest BCUT2D eigenvalue weighted by Crippen LogP contribution is -2.38. The van der Waals surface area contributed by atoms with Gasteiger partial charge in [-0.3, -0.25) is 4.79 Å². The van der Waals surface area contributed by atoms with Crippen molar-refractivity contribution in [2.24, 2.45) is 0 Å². The lowest BCUT2D eigenvalue weighted by atomic mass is 9.75. The number of carbonyl (C=O) groups is 2. The zero-order valence-corrected chi connectivity index (χ0v) is 20.5. The maximum Gasteiger partial charge on any atom is 0.335 e. The molecule has 2 aliphatic rings. The van der Waals surface area contributed by atoms with Gasteiger partial charge in [0.15, 0.2) is 11.6 Å². The van der Waals surface area contributed by atoms with Gasteiger partial charge in [-0.25, -0.2) is 13.6 Å². The van der Waals surface area contributed by atoms with Crippen LogP contribution in [0.3, 0.4) is 0 Å². The summed E-state index contributed by atoms with van der Waals surface area (Å²) in [4.78, 5) is 26.8. The van der Waals surface area contributed by atoms with Crippen LogP contribution in [-0.4, -0.2) is 36.7 Å². The summed E-state index contributed by atoms with van der Waals surface area (Å²) in [6.07, 6.45) is 1.62. The number of rotatable bonds is 6. The number of carboxylic acid groups (broad SMARTS) is 1. The molecule has 8 heteroatoms. The van der Waals surface area contributed by atoms with Gasteiger partial charge in [0.25, 0.3) is 5.91 Å². The molecule has 0 aromatic heterocycles. The van der Waals surface area contributed by atoms with Crippen LogP contribution < -0.4 is 10.2 Å². The first kappa shape index (κ1) is 24.9. The number of benzene rings is 3. The summed E-state index contributed by atoms with van der Waals surface area (Å²) >= 11 is 0. The number of halogens is 2. The Morgan fingerprint density at radius 1 is 1.05 bits per heavy atom. The Morgan fingerprint density at radius 3 is 2.46 bits per heavy atom. The highest BCUT2D eigenvalue weighted by atomic mass is 19.2. The number of carboxylic acids is 1. The monoisotopic (exact) mass is 506 g/mol. The molecule has 3 aromatic carbocycles. The summed E-state index contributed by atoms with van der Waals surface area (Å²) in [5, 5.41) is 12.2. The van der Waals surface area contributed by atoms with Crippen molar-refractivity contribution in [3.8, 4) is 0 Å². The molecule has 2 N–H and O–H groups in total. The number of para-hydroxylation sites is 1. The maximum atomic E-state index is 14.0. The molecule has 1 saturated heterocycles. The number of hydrogen-bond donors (Lipinski definition) is 2.